The third kappa shape index (κ3) is 3.11. The van der Waals surface area contributed by atoms with Crippen molar-refractivity contribution in [2.45, 2.75) is 33.6 Å². The molecule has 88 valence electrons. The van der Waals surface area contributed by atoms with Crippen LogP contribution in [0.15, 0.2) is 4.99 Å². The van der Waals surface area contributed by atoms with E-state index >= 15 is 0 Å². The second-order valence-corrected chi connectivity index (χ2v) is 5.42. The summed E-state index contributed by atoms with van der Waals surface area (Å²) < 4.78 is 0. The fourth-order valence-corrected chi connectivity index (χ4v) is 2.37. The zero-order valence-corrected chi connectivity index (χ0v) is 10.8. The van der Waals surface area contributed by atoms with Crippen molar-refractivity contribution in [3.8, 4) is 0 Å². The number of rotatable bonds is 0. The maximum Gasteiger partial charge on any atom is 0.193 e. The first-order valence-corrected chi connectivity index (χ1v) is 5.88. The van der Waals surface area contributed by atoms with Crippen LogP contribution in [0.4, 0.5) is 0 Å². The Hall–Kier alpha value is -0.730. The lowest BCUT2D eigenvalue weighted by Gasteiger charge is -2.39. The monoisotopic (exact) mass is 211 g/mol. The second kappa shape index (κ2) is 4.86. The maximum absolute atomic E-state index is 4.25. The van der Waals surface area contributed by atoms with Gasteiger partial charge in [-0.05, 0) is 24.2 Å². The molecule has 1 N–H and O–H groups in total. The minimum absolute atomic E-state index is 0.454. The SMILES string of the molecule is CN=C(NC)N1CCC(C(C)(C)C)CC1. The van der Waals surface area contributed by atoms with E-state index in [2.05, 4.69) is 36.0 Å². The van der Waals surface area contributed by atoms with E-state index in [1.165, 1.54) is 12.8 Å². The molecule has 3 nitrogen and oxygen atoms in total. The van der Waals surface area contributed by atoms with Crippen LogP contribution in [0.25, 0.3) is 0 Å². The molecule has 0 spiro atoms. The molecule has 15 heavy (non-hydrogen) atoms. The van der Waals surface area contributed by atoms with E-state index in [9.17, 15) is 0 Å². The third-order valence-electron chi connectivity index (χ3n) is 3.45. The van der Waals surface area contributed by atoms with E-state index in [0.29, 0.717) is 5.41 Å². The zero-order valence-electron chi connectivity index (χ0n) is 10.8. The number of nitrogens with one attached hydrogen (secondary N) is 1. The molecular formula is C12H25N3. The topological polar surface area (TPSA) is 27.6 Å². The largest absolute Gasteiger partial charge is 0.359 e. The molecule has 3 heteroatoms. The van der Waals surface area contributed by atoms with Crippen LogP contribution < -0.4 is 5.32 Å². The molecule has 1 heterocycles. The summed E-state index contributed by atoms with van der Waals surface area (Å²) in [6, 6.07) is 0. The Bertz CT molecular complexity index is 220. The van der Waals surface area contributed by atoms with Crippen LogP contribution in [0.1, 0.15) is 33.6 Å². The van der Waals surface area contributed by atoms with E-state index in [4.69, 9.17) is 0 Å². The van der Waals surface area contributed by atoms with Gasteiger partial charge in [0.1, 0.15) is 0 Å². The van der Waals surface area contributed by atoms with Crippen LogP contribution in [0.3, 0.4) is 0 Å². The first-order valence-electron chi connectivity index (χ1n) is 5.88. The lowest BCUT2D eigenvalue weighted by molar-refractivity contribution is 0.147. The molecule has 1 aliphatic rings. The normalized spacial score (nSPS) is 20.6. The number of hydrogen-bond acceptors (Lipinski definition) is 1. The third-order valence-corrected chi connectivity index (χ3v) is 3.45. The van der Waals surface area contributed by atoms with Crippen molar-refractivity contribution in [3.63, 3.8) is 0 Å². The molecule has 0 aliphatic carbocycles. The summed E-state index contributed by atoms with van der Waals surface area (Å²) in [5, 5.41) is 3.15. The number of likely N-dealkylation sites (tertiary alicyclic amines) is 1. The Morgan fingerprint density at radius 1 is 1.27 bits per heavy atom. The molecule has 1 fully saturated rings. The van der Waals surface area contributed by atoms with Crippen LogP contribution in [-0.2, 0) is 0 Å². The Morgan fingerprint density at radius 2 is 1.80 bits per heavy atom. The first kappa shape index (κ1) is 12.3. The van der Waals surface area contributed by atoms with Gasteiger partial charge in [-0.1, -0.05) is 20.8 Å². The van der Waals surface area contributed by atoms with Crippen molar-refractivity contribution in [1.29, 1.82) is 0 Å². The standard InChI is InChI=1S/C12H25N3/c1-12(2,3)10-6-8-15(9-7-10)11(13-4)14-5/h10H,6-9H2,1-5H3,(H,13,14). The lowest BCUT2D eigenvalue weighted by Crippen LogP contribution is -2.46. The van der Waals surface area contributed by atoms with Gasteiger partial charge in [0.05, 0.1) is 0 Å². The van der Waals surface area contributed by atoms with Crippen molar-refractivity contribution in [1.82, 2.24) is 10.2 Å². The molecule has 0 aromatic rings. The highest BCUT2D eigenvalue weighted by atomic mass is 15.3. The average molecular weight is 211 g/mol. The van der Waals surface area contributed by atoms with Gasteiger partial charge in [-0.25, -0.2) is 0 Å². The fourth-order valence-electron chi connectivity index (χ4n) is 2.37. The highest BCUT2D eigenvalue weighted by Crippen LogP contribution is 2.34. The molecular weight excluding hydrogens is 186 g/mol. The Balaban J connectivity index is 2.49. The molecule has 0 aromatic heterocycles. The molecule has 0 saturated carbocycles. The smallest absolute Gasteiger partial charge is 0.193 e. The van der Waals surface area contributed by atoms with Crippen molar-refractivity contribution in [2.24, 2.45) is 16.3 Å². The van der Waals surface area contributed by atoms with E-state index < -0.39 is 0 Å². The minimum Gasteiger partial charge on any atom is -0.359 e. The fraction of sp³-hybridized carbons (Fsp3) is 0.917. The molecule has 0 unspecified atom stereocenters. The lowest BCUT2D eigenvalue weighted by atomic mass is 9.75. The number of aliphatic imine (C=N–C) groups is 1. The summed E-state index contributed by atoms with van der Waals surface area (Å²) in [6.07, 6.45) is 2.56. The number of nitrogens with zero attached hydrogens (tertiary/aromatic N) is 2. The van der Waals surface area contributed by atoms with E-state index in [1.807, 2.05) is 14.1 Å². The van der Waals surface area contributed by atoms with Gasteiger partial charge < -0.3 is 10.2 Å². The van der Waals surface area contributed by atoms with Gasteiger partial charge in [0.15, 0.2) is 5.96 Å². The van der Waals surface area contributed by atoms with Gasteiger partial charge >= 0.3 is 0 Å². The summed E-state index contributed by atoms with van der Waals surface area (Å²) in [5.74, 6) is 1.88. The molecule has 1 saturated heterocycles. The van der Waals surface area contributed by atoms with Crippen molar-refractivity contribution < 1.29 is 0 Å². The highest BCUT2D eigenvalue weighted by molar-refractivity contribution is 5.79. The summed E-state index contributed by atoms with van der Waals surface area (Å²) in [4.78, 5) is 6.60. The number of hydrogen-bond donors (Lipinski definition) is 1. The zero-order chi connectivity index (χ0) is 11.5. The van der Waals surface area contributed by atoms with Crippen LogP contribution in [0, 0.1) is 11.3 Å². The molecule has 0 radical (unpaired) electrons. The van der Waals surface area contributed by atoms with Gasteiger partial charge in [-0.15, -0.1) is 0 Å². The van der Waals surface area contributed by atoms with Crippen LogP contribution >= 0.6 is 0 Å². The summed E-state index contributed by atoms with van der Waals surface area (Å²) >= 11 is 0. The molecule has 1 aliphatic heterocycles. The van der Waals surface area contributed by atoms with Crippen molar-refractivity contribution in [2.75, 3.05) is 27.2 Å². The van der Waals surface area contributed by atoms with Gasteiger partial charge in [0.25, 0.3) is 0 Å². The maximum atomic E-state index is 4.25. The Kier molecular flexibility index (Phi) is 4.00. The summed E-state index contributed by atoms with van der Waals surface area (Å²) in [7, 11) is 3.79. The number of guanidine groups is 1. The van der Waals surface area contributed by atoms with Crippen molar-refractivity contribution in [3.05, 3.63) is 0 Å². The molecule has 0 atom stereocenters. The Morgan fingerprint density at radius 3 is 2.13 bits per heavy atom. The van der Waals surface area contributed by atoms with E-state index in [1.54, 1.807) is 0 Å². The predicted molar refractivity (Wildman–Crippen MR) is 66.2 cm³/mol. The quantitative estimate of drug-likeness (QED) is 0.490. The van der Waals surface area contributed by atoms with Gasteiger partial charge in [-0.3, -0.25) is 4.99 Å². The van der Waals surface area contributed by atoms with Gasteiger partial charge in [0.2, 0.25) is 0 Å². The van der Waals surface area contributed by atoms with Crippen LogP contribution in [0.2, 0.25) is 0 Å². The molecule has 0 aromatic carbocycles. The predicted octanol–water partition coefficient (Wildman–Crippen LogP) is 1.95. The first-order chi connectivity index (χ1) is 6.99. The van der Waals surface area contributed by atoms with E-state index in [0.717, 1.165) is 25.0 Å². The second-order valence-electron chi connectivity index (χ2n) is 5.42. The number of piperidine rings is 1. The van der Waals surface area contributed by atoms with E-state index in [-0.39, 0.29) is 0 Å². The minimum atomic E-state index is 0.454. The molecule has 0 bridgehead atoms. The van der Waals surface area contributed by atoms with Crippen LogP contribution in [-0.4, -0.2) is 38.0 Å². The molecule has 0 amide bonds. The average Bonchev–Trinajstić information content (AvgIpc) is 2.19. The Labute approximate surface area is 94.0 Å². The highest BCUT2D eigenvalue weighted by Gasteiger charge is 2.29. The van der Waals surface area contributed by atoms with Crippen molar-refractivity contribution >= 4 is 5.96 Å². The van der Waals surface area contributed by atoms with Gasteiger partial charge in [-0.2, -0.15) is 0 Å². The van der Waals surface area contributed by atoms with Crippen LogP contribution in [0.5, 0.6) is 0 Å². The molecule has 1 rings (SSSR count). The summed E-state index contributed by atoms with van der Waals surface area (Å²) in [6.45, 7) is 9.31. The summed E-state index contributed by atoms with van der Waals surface area (Å²) in [5.41, 5.74) is 0.454. The van der Waals surface area contributed by atoms with Gasteiger partial charge in [0, 0.05) is 27.2 Å².